The molecule has 0 aromatic heterocycles. The normalized spacial score (nSPS) is 13.6. The van der Waals surface area contributed by atoms with Crippen LogP contribution in [-0.4, -0.2) is 29.7 Å². The summed E-state index contributed by atoms with van der Waals surface area (Å²) in [5.74, 6) is 0. The van der Waals surface area contributed by atoms with Gasteiger partial charge in [-0.3, -0.25) is 0 Å². The summed E-state index contributed by atoms with van der Waals surface area (Å²) in [6, 6.07) is 12.5. The summed E-state index contributed by atoms with van der Waals surface area (Å²) >= 11 is 0. The van der Waals surface area contributed by atoms with Crippen molar-refractivity contribution in [3.8, 4) is 0 Å². The zero-order chi connectivity index (χ0) is 19.8. The Kier molecular flexibility index (Phi) is 12.4. The van der Waals surface area contributed by atoms with Crippen molar-refractivity contribution in [2.75, 3.05) is 22.9 Å². The second kappa shape index (κ2) is 12.5. The molecule has 0 aliphatic carbocycles. The Labute approximate surface area is 185 Å². The maximum absolute atomic E-state index is 5.97. The molecule has 0 amide bonds. The largest absolute Gasteiger partial charge is 0.455 e. The van der Waals surface area contributed by atoms with Crippen molar-refractivity contribution in [2.24, 2.45) is 0 Å². The fraction of sp³-hybridized carbons (Fsp3) is 0.476. The average molecular weight is 584 g/mol. The van der Waals surface area contributed by atoms with Crippen molar-refractivity contribution in [1.29, 1.82) is 0 Å². The van der Waals surface area contributed by atoms with Crippen LogP contribution < -0.4 is 9.80 Å². The molecule has 1 aromatic carbocycles. The molecule has 1 aromatic rings. The van der Waals surface area contributed by atoms with E-state index >= 15 is 0 Å². The van der Waals surface area contributed by atoms with Gasteiger partial charge in [0.15, 0.2) is 16.6 Å². The Morgan fingerprint density at radius 2 is 1.26 bits per heavy atom. The van der Waals surface area contributed by atoms with E-state index in [1.807, 2.05) is 12.1 Å². The van der Waals surface area contributed by atoms with Crippen molar-refractivity contribution in [1.82, 2.24) is 0 Å². The van der Waals surface area contributed by atoms with Gasteiger partial charge in [0.25, 0.3) is 0 Å². The summed E-state index contributed by atoms with van der Waals surface area (Å²) in [6.07, 6.45) is 2.31. The van der Waals surface area contributed by atoms with Gasteiger partial charge < -0.3 is 13.9 Å². The molecule has 0 bridgehead atoms. The van der Waals surface area contributed by atoms with Crippen LogP contribution in [0.5, 0.6) is 0 Å². The number of benzene rings is 1. The minimum absolute atomic E-state index is 0. The molecule has 2 rings (SSSR count). The number of hydrogen-bond acceptors (Lipinski definition) is 3. The first kappa shape index (κ1) is 26.9. The summed E-state index contributed by atoms with van der Waals surface area (Å²) < 4.78 is 5.97. The van der Waals surface area contributed by atoms with Gasteiger partial charge in [0.05, 0.1) is 11.4 Å². The van der Waals surface area contributed by atoms with E-state index in [-0.39, 0.29) is 21.1 Å². The van der Waals surface area contributed by atoms with Crippen molar-refractivity contribution in [2.45, 2.75) is 52.9 Å². The molecule has 0 saturated carbocycles. The second-order valence-electron chi connectivity index (χ2n) is 7.61. The maximum Gasteiger partial charge on any atom is 0.208 e. The Morgan fingerprint density at radius 3 is 1.56 bits per heavy atom. The number of para-hydroxylation sites is 2. The second-order valence-corrected chi connectivity index (χ2v) is 15.7. The fourth-order valence-electron chi connectivity index (χ4n) is 2.72. The van der Waals surface area contributed by atoms with Crippen LogP contribution >= 0.6 is 0 Å². The van der Waals surface area contributed by atoms with Crippen molar-refractivity contribution in [3.05, 3.63) is 56.9 Å². The number of fused-ring (bicyclic) bond motifs is 1. The number of anilines is 2. The molecule has 1 aliphatic rings. The van der Waals surface area contributed by atoms with E-state index in [1.54, 1.807) is 0 Å². The maximum atomic E-state index is 5.97. The van der Waals surface area contributed by atoms with E-state index in [1.165, 1.54) is 11.4 Å². The van der Waals surface area contributed by atoms with Gasteiger partial charge in [-0.05, 0) is 63.3 Å². The molecule has 6 heteroatoms. The average Bonchev–Trinajstić information content (AvgIpc) is 2.94. The van der Waals surface area contributed by atoms with E-state index in [0.717, 1.165) is 25.9 Å². The molecule has 0 atom stereocenters. The van der Waals surface area contributed by atoms with Crippen LogP contribution in [0.15, 0.2) is 24.3 Å². The molecule has 0 unspecified atom stereocenters. The van der Waals surface area contributed by atoms with Crippen LogP contribution in [0.2, 0.25) is 26.2 Å². The van der Waals surface area contributed by atoms with Gasteiger partial charge >= 0.3 is 0 Å². The van der Waals surface area contributed by atoms with Crippen LogP contribution in [0, 0.1) is 32.6 Å². The Bertz CT molecular complexity index is 496. The Balaban J connectivity index is 0.000000509. The van der Waals surface area contributed by atoms with Gasteiger partial charge in [0, 0.05) is 34.2 Å². The first-order chi connectivity index (χ1) is 12.2. The van der Waals surface area contributed by atoms with Gasteiger partial charge in [-0.1, -0.05) is 39.8 Å². The molecule has 3 nitrogen and oxygen atoms in total. The van der Waals surface area contributed by atoms with Gasteiger partial charge in [0.1, 0.15) is 0 Å². The number of nitrogens with zero attached hydrogens (tertiary/aromatic N) is 2. The third-order valence-electron chi connectivity index (χ3n) is 4.11. The summed E-state index contributed by atoms with van der Waals surface area (Å²) in [4.78, 5) is 4.45. The topological polar surface area (TPSA) is 15.7 Å². The third-order valence-corrected chi connectivity index (χ3v) is 10.3. The third kappa shape index (κ3) is 8.85. The summed E-state index contributed by atoms with van der Waals surface area (Å²) in [6.45, 7) is 26.1. The number of hydrogen-bond donors (Lipinski definition) is 0. The molecule has 6 radical (unpaired) electrons. The Hall–Kier alpha value is -0.0979. The molecule has 0 saturated heterocycles. The molecule has 0 fully saturated rings. The van der Waals surface area contributed by atoms with Crippen molar-refractivity contribution >= 4 is 28.0 Å². The summed E-state index contributed by atoms with van der Waals surface area (Å²) in [5.41, 5.74) is 2.60. The van der Waals surface area contributed by atoms with E-state index in [0.29, 0.717) is 0 Å². The molecule has 0 N–H and O–H groups in total. The fourth-order valence-corrected chi connectivity index (χ4v) is 8.81. The zero-order valence-corrected chi connectivity index (χ0v) is 22.1. The van der Waals surface area contributed by atoms with Gasteiger partial charge in [-0.15, -0.1) is 0 Å². The van der Waals surface area contributed by atoms with Crippen LogP contribution in [0.25, 0.3) is 0 Å². The first-order valence-electron chi connectivity index (χ1n) is 9.57. The smallest absolute Gasteiger partial charge is 0.208 e. The van der Waals surface area contributed by atoms with Crippen molar-refractivity contribution in [3.63, 3.8) is 0 Å². The van der Waals surface area contributed by atoms with Crippen LogP contribution in [0.1, 0.15) is 26.7 Å². The SMILES string of the molecule is CCCN1[C]N(CCC)c2ccccc21.[CH2][CH][Si](C)(C)O[Si](C)(C)[CH][CH2].[Pt]. The molecule has 1 heterocycles. The first-order valence-corrected chi connectivity index (χ1v) is 15.5. The van der Waals surface area contributed by atoms with E-state index < -0.39 is 16.6 Å². The minimum Gasteiger partial charge on any atom is -0.455 e. The molecular formula is C21H36N2OPtSi2. The van der Waals surface area contributed by atoms with Crippen LogP contribution in [-0.2, 0) is 25.2 Å². The quantitative estimate of drug-likeness (QED) is 0.366. The molecule has 0 spiro atoms. The van der Waals surface area contributed by atoms with Gasteiger partial charge in [0.2, 0.25) is 6.67 Å². The molecule has 1 aliphatic heterocycles. The van der Waals surface area contributed by atoms with E-state index in [9.17, 15) is 0 Å². The molecule has 27 heavy (non-hydrogen) atoms. The van der Waals surface area contributed by atoms with Crippen LogP contribution in [0.4, 0.5) is 11.4 Å². The predicted octanol–water partition coefficient (Wildman–Crippen LogP) is 5.70. The van der Waals surface area contributed by atoms with E-state index in [4.69, 9.17) is 4.12 Å². The minimum atomic E-state index is -1.58. The van der Waals surface area contributed by atoms with Gasteiger partial charge in [-0.2, -0.15) is 0 Å². The van der Waals surface area contributed by atoms with Gasteiger partial charge in [-0.25, -0.2) is 0 Å². The monoisotopic (exact) mass is 583 g/mol. The number of rotatable bonds is 8. The Morgan fingerprint density at radius 1 is 0.889 bits per heavy atom. The predicted molar refractivity (Wildman–Crippen MR) is 120 cm³/mol. The summed E-state index contributed by atoms with van der Waals surface area (Å²) in [5, 5.41) is 0. The van der Waals surface area contributed by atoms with E-state index in [2.05, 4.69) is 94.6 Å². The zero-order valence-electron chi connectivity index (χ0n) is 17.8. The summed E-state index contributed by atoms with van der Waals surface area (Å²) in [7, 11) is -3.16. The molecular weight excluding hydrogens is 547 g/mol. The van der Waals surface area contributed by atoms with Crippen LogP contribution in [0.3, 0.4) is 0 Å². The standard InChI is InChI=1S/C13H18N2.C8H18OSi2.Pt/c1-3-9-14-11-15(10-4-2)13-8-6-5-7-12(13)14;1-7-10(3,4)9-11(5,6)8-2;/h5-8H,3-4,9-10H2,1-2H3;7-8H,1-2H2,3-6H3;. The molecule has 154 valence electrons. The van der Waals surface area contributed by atoms with Crippen molar-refractivity contribution < 1.29 is 25.2 Å².